The number of hydrogen-bond acceptors (Lipinski definition) is 3. The van der Waals surface area contributed by atoms with Gasteiger partial charge in [0.2, 0.25) is 5.91 Å². The lowest BCUT2D eigenvalue weighted by Gasteiger charge is -2.10. The second kappa shape index (κ2) is 8.44. The fourth-order valence-electron chi connectivity index (χ4n) is 2.51. The molecule has 0 saturated heterocycles. The van der Waals surface area contributed by atoms with Gasteiger partial charge in [0.15, 0.2) is 0 Å². The first kappa shape index (κ1) is 20.1. The summed E-state index contributed by atoms with van der Waals surface area (Å²) < 4.78 is 14.2. The molecule has 3 N–H and O–H groups in total. The topological polar surface area (TPSA) is 95.5 Å². The molecule has 2 rings (SSSR count). The summed E-state index contributed by atoms with van der Waals surface area (Å²) in [5.41, 5.74) is 1.13. The monoisotopic (exact) mass is 372 g/mol. The minimum atomic E-state index is -1.05. The van der Waals surface area contributed by atoms with Gasteiger partial charge in [0.1, 0.15) is 5.82 Å². The minimum Gasteiger partial charge on any atom is -0.478 e. The van der Waals surface area contributed by atoms with Gasteiger partial charge >= 0.3 is 5.97 Å². The Kier molecular flexibility index (Phi) is 6.28. The number of aromatic carboxylic acids is 1. The van der Waals surface area contributed by atoms with Crippen molar-refractivity contribution in [2.75, 3.05) is 10.6 Å². The molecule has 0 saturated carbocycles. The second-order valence-corrected chi connectivity index (χ2v) is 6.63. The molecule has 0 spiro atoms. The summed E-state index contributed by atoms with van der Waals surface area (Å²) in [7, 11) is 0. The maximum atomic E-state index is 14.2. The Hall–Kier alpha value is -3.22. The molecule has 2 amide bonds. The molecule has 0 aliphatic carbocycles. The number of anilines is 2. The van der Waals surface area contributed by atoms with E-state index in [-0.39, 0.29) is 35.1 Å². The molecular weight excluding hydrogens is 351 g/mol. The molecule has 2 aromatic rings. The van der Waals surface area contributed by atoms with E-state index in [2.05, 4.69) is 10.6 Å². The van der Waals surface area contributed by atoms with Gasteiger partial charge in [-0.1, -0.05) is 13.8 Å². The van der Waals surface area contributed by atoms with Gasteiger partial charge in [0.25, 0.3) is 5.91 Å². The number of carboxylic acid groups (broad SMARTS) is 1. The van der Waals surface area contributed by atoms with Crippen molar-refractivity contribution >= 4 is 29.2 Å². The van der Waals surface area contributed by atoms with Crippen LogP contribution in [0.4, 0.5) is 15.8 Å². The van der Waals surface area contributed by atoms with Crippen LogP contribution in [0.25, 0.3) is 0 Å². The van der Waals surface area contributed by atoms with E-state index in [0.29, 0.717) is 11.3 Å². The van der Waals surface area contributed by atoms with Crippen molar-refractivity contribution in [1.82, 2.24) is 0 Å². The van der Waals surface area contributed by atoms with Crippen LogP contribution in [-0.2, 0) is 4.79 Å². The van der Waals surface area contributed by atoms with Crippen LogP contribution in [0.3, 0.4) is 0 Å². The van der Waals surface area contributed by atoms with E-state index in [4.69, 9.17) is 5.11 Å². The smallest absolute Gasteiger partial charge is 0.335 e. The summed E-state index contributed by atoms with van der Waals surface area (Å²) in [5, 5.41) is 14.1. The summed E-state index contributed by atoms with van der Waals surface area (Å²) in [4.78, 5) is 35.1. The van der Waals surface area contributed by atoms with Crippen molar-refractivity contribution in [1.29, 1.82) is 0 Å². The molecule has 27 heavy (non-hydrogen) atoms. The predicted molar refractivity (Wildman–Crippen MR) is 101 cm³/mol. The Morgan fingerprint density at radius 3 is 2.33 bits per heavy atom. The molecule has 0 aromatic heterocycles. The molecule has 0 atom stereocenters. The predicted octanol–water partition coefficient (Wildman–Crippen LogP) is 4.07. The Balaban J connectivity index is 2.11. The highest BCUT2D eigenvalue weighted by Gasteiger charge is 2.14. The minimum absolute atomic E-state index is 0.0128. The maximum Gasteiger partial charge on any atom is 0.335 e. The van der Waals surface area contributed by atoms with Crippen LogP contribution in [0.5, 0.6) is 0 Å². The van der Waals surface area contributed by atoms with Crippen LogP contribution in [0.1, 0.15) is 46.5 Å². The highest BCUT2D eigenvalue weighted by Crippen LogP contribution is 2.19. The van der Waals surface area contributed by atoms with E-state index in [1.807, 2.05) is 13.8 Å². The third kappa shape index (κ3) is 5.37. The number of hydrogen-bond donors (Lipinski definition) is 3. The zero-order chi connectivity index (χ0) is 20.1. The van der Waals surface area contributed by atoms with Gasteiger partial charge in [0, 0.05) is 17.7 Å². The van der Waals surface area contributed by atoms with Gasteiger partial charge in [-0.25, -0.2) is 9.18 Å². The zero-order valence-corrected chi connectivity index (χ0v) is 15.3. The molecule has 0 heterocycles. The van der Waals surface area contributed by atoms with Crippen LogP contribution in [0.2, 0.25) is 0 Å². The molecule has 0 bridgehead atoms. The Labute approximate surface area is 156 Å². The molecule has 0 aliphatic rings. The summed E-state index contributed by atoms with van der Waals surface area (Å²) in [6.07, 6.45) is 0.271. The summed E-state index contributed by atoms with van der Waals surface area (Å²) in [6.45, 7) is 5.38. The third-order valence-corrected chi connectivity index (χ3v) is 3.81. The second-order valence-electron chi connectivity index (χ2n) is 6.63. The molecule has 0 aliphatic heterocycles. The van der Waals surface area contributed by atoms with Crippen molar-refractivity contribution < 1.29 is 23.9 Å². The molecule has 6 nitrogen and oxygen atoms in total. The van der Waals surface area contributed by atoms with Crippen molar-refractivity contribution in [3.63, 3.8) is 0 Å². The van der Waals surface area contributed by atoms with Crippen LogP contribution in [-0.4, -0.2) is 22.9 Å². The number of rotatable bonds is 6. The lowest BCUT2D eigenvalue weighted by atomic mass is 10.1. The largest absolute Gasteiger partial charge is 0.478 e. The molecule has 0 fully saturated rings. The number of nitrogens with one attached hydrogen (secondary N) is 2. The Morgan fingerprint density at radius 1 is 1.07 bits per heavy atom. The SMILES string of the molecule is Cc1cc(NC(=O)c2ccc(NC(=O)CC(C)C)c(F)c2)ccc1C(=O)O. The number of carbonyl (C=O) groups excluding carboxylic acids is 2. The van der Waals surface area contributed by atoms with Crippen molar-refractivity contribution in [3.05, 3.63) is 58.9 Å². The van der Waals surface area contributed by atoms with E-state index < -0.39 is 17.7 Å². The normalized spacial score (nSPS) is 10.6. The summed E-state index contributed by atoms with van der Waals surface area (Å²) in [6, 6.07) is 8.16. The van der Waals surface area contributed by atoms with E-state index in [1.165, 1.54) is 30.3 Å². The third-order valence-electron chi connectivity index (χ3n) is 3.81. The van der Waals surface area contributed by atoms with E-state index in [0.717, 1.165) is 6.07 Å². The molecule has 0 radical (unpaired) electrons. The van der Waals surface area contributed by atoms with Gasteiger partial charge in [-0.15, -0.1) is 0 Å². The van der Waals surface area contributed by atoms with Gasteiger partial charge in [-0.05, 0) is 54.8 Å². The van der Waals surface area contributed by atoms with Crippen molar-refractivity contribution in [2.24, 2.45) is 5.92 Å². The summed E-state index contributed by atoms with van der Waals surface area (Å²) >= 11 is 0. The van der Waals surface area contributed by atoms with E-state index >= 15 is 0 Å². The number of halogens is 1. The molecule has 142 valence electrons. The highest BCUT2D eigenvalue weighted by molar-refractivity contribution is 6.05. The first-order valence-electron chi connectivity index (χ1n) is 8.42. The van der Waals surface area contributed by atoms with E-state index in [1.54, 1.807) is 6.92 Å². The number of benzene rings is 2. The standard InChI is InChI=1S/C20H21FN2O4/c1-11(2)8-18(24)23-17-7-4-13(10-16(17)21)19(25)22-14-5-6-15(20(26)27)12(3)9-14/h4-7,9-11H,8H2,1-3H3,(H,22,25)(H,23,24)(H,26,27). The first-order valence-corrected chi connectivity index (χ1v) is 8.42. The number of aryl methyl sites for hydroxylation is 1. The molecule has 0 unspecified atom stereocenters. The van der Waals surface area contributed by atoms with E-state index in [9.17, 15) is 18.8 Å². The van der Waals surface area contributed by atoms with Gasteiger partial charge < -0.3 is 15.7 Å². The Bertz CT molecular complexity index is 894. The molecule has 7 heteroatoms. The summed E-state index contributed by atoms with van der Waals surface area (Å²) in [5.74, 6) is -2.46. The molecule has 2 aromatic carbocycles. The van der Waals surface area contributed by atoms with Gasteiger partial charge in [0.05, 0.1) is 11.3 Å². The van der Waals surface area contributed by atoms with Crippen LogP contribution < -0.4 is 10.6 Å². The Morgan fingerprint density at radius 2 is 1.78 bits per heavy atom. The highest BCUT2D eigenvalue weighted by atomic mass is 19.1. The number of carbonyl (C=O) groups is 3. The van der Waals surface area contributed by atoms with Crippen molar-refractivity contribution in [3.8, 4) is 0 Å². The zero-order valence-electron chi connectivity index (χ0n) is 15.3. The lowest BCUT2D eigenvalue weighted by molar-refractivity contribution is -0.116. The fraction of sp³-hybridized carbons (Fsp3) is 0.250. The van der Waals surface area contributed by atoms with Gasteiger partial charge in [-0.3, -0.25) is 9.59 Å². The average Bonchev–Trinajstić information content (AvgIpc) is 2.55. The van der Waals surface area contributed by atoms with Crippen LogP contribution >= 0.6 is 0 Å². The maximum absolute atomic E-state index is 14.2. The average molecular weight is 372 g/mol. The quantitative estimate of drug-likeness (QED) is 0.712. The first-order chi connectivity index (χ1) is 12.7. The molecular formula is C20H21FN2O4. The number of carboxylic acids is 1. The number of amides is 2. The van der Waals surface area contributed by atoms with Crippen LogP contribution in [0.15, 0.2) is 36.4 Å². The fourth-order valence-corrected chi connectivity index (χ4v) is 2.51. The lowest BCUT2D eigenvalue weighted by Crippen LogP contribution is -2.16. The van der Waals surface area contributed by atoms with Gasteiger partial charge in [-0.2, -0.15) is 0 Å². The van der Waals surface area contributed by atoms with Crippen molar-refractivity contribution in [2.45, 2.75) is 27.2 Å². The van der Waals surface area contributed by atoms with Crippen LogP contribution in [0, 0.1) is 18.7 Å².